The van der Waals surface area contributed by atoms with Crippen LogP contribution in [0, 0.1) is 5.41 Å². The zero-order valence-electron chi connectivity index (χ0n) is 10.5. The van der Waals surface area contributed by atoms with Crippen molar-refractivity contribution < 1.29 is 18.0 Å². The van der Waals surface area contributed by atoms with E-state index in [0.717, 1.165) is 25.7 Å². The molecule has 0 aliphatic heterocycles. The molecule has 1 saturated carbocycles. The van der Waals surface area contributed by atoms with E-state index in [1.807, 2.05) is 0 Å². The highest BCUT2D eigenvalue weighted by molar-refractivity contribution is 5.75. The number of nitrogens with one attached hydrogen (secondary N) is 1. The van der Waals surface area contributed by atoms with Crippen LogP contribution >= 0.6 is 0 Å². The lowest BCUT2D eigenvalue weighted by Crippen LogP contribution is -2.43. The molecular weight excluding hydrogens is 245 g/mol. The van der Waals surface area contributed by atoms with E-state index < -0.39 is 24.9 Å². The molecule has 0 atom stereocenters. The van der Waals surface area contributed by atoms with E-state index in [0.29, 0.717) is 13.1 Å². The molecular formula is C12H21F3N2O. The summed E-state index contributed by atoms with van der Waals surface area (Å²) in [6.07, 6.45) is -0.604. The van der Waals surface area contributed by atoms with Gasteiger partial charge in [0.1, 0.15) is 0 Å². The van der Waals surface area contributed by atoms with Crippen LogP contribution in [0.4, 0.5) is 13.2 Å². The maximum Gasteiger partial charge on any atom is 0.389 e. The minimum atomic E-state index is -4.27. The van der Waals surface area contributed by atoms with Crippen LogP contribution in [0.1, 0.15) is 44.9 Å². The number of nitrogens with two attached hydrogens (primary N) is 1. The average molecular weight is 266 g/mol. The van der Waals surface area contributed by atoms with Gasteiger partial charge in [0.2, 0.25) is 5.91 Å². The number of alkyl halides is 3. The number of amides is 1. The van der Waals surface area contributed by atoms with Gasteiger partial charge < -0.3 is 11.1 Å². The molecule has 0 heterocycles. The van der Waals surface area contributed by atoms with Crippen molar-refractivity contribution in [2.75, 3.05) is 13.1 Å². The van der Waals surface area contributed by atoms with Gasteiger partial charge >= 0.3 is 6.18 Å². The molecule has 0 aromatic carbocycles. The first-order chi connectivity index (χ1) is 8.37. The summed E-state index contributed by atoms with van der Waals surface area (Å²) in [7, 11) is 0. The van der Waals surface area contributed by atoms with Gasteiger partial charge in [-0.2, -0.15) is 13.2 Å². The molecule has 0 saturated heterocycles. The van der Waals surface area contributed by atoms with Crippen molar-refractivity contribution in [3.05, 3.63) is 0 Å². The van der Waals surface area contributed by atoms with Crippen LogP contribution in [0.3, 0.4) is 0 Å². The second-order valence-electron chi connectivity index (χ2n) is 5.16. The lowest BCUT2D eigenvalue weighted by atomic mass is 9.74. The summed E-state index contributed by atoms with van der Waals surface area (Å²) in [6.45, 7) is 0.882. The molecule has 0 spiro atoms. The Morgan fingerprint density at radius 2 is 1.83 bits per heavy atom. The minimum absolute atomic E-state index is 0.105. The van der Waals surface area contributed by atoms with Gasteiger partial charge in [-0.05, 0) is 24.8 Å². The Balaban J connectivity index is 2.32. The Bertz CT molecular complexity index is 273. The second-order valence-corrected chi connectivity index (χ2v) is 5.16. The van der Waals surface area contributed by atoms with E-state index in [-0.39, 0.29) is 5.41 Å². The lowest BCUT2D eigenvalue weighted by Gasteiger charge is -2.36. The van der Waals surface area contributed by atoms with Crippen molar-refractivity contribution in [2.45, 2.75) is 51.1 Å². The Morgan fingerprint density at radius 3 is 2.33 bits per heavy atom. The number of hydrogen-bond donors (Lipinski definition) is 2. The van der Waals surface area contributed by atoms with Crippen molar-refractivity contribution in [2.24, 2.45) is 11.1 Å². The molecule has 1 aliphatic carbocycles. The minimum Gasteiger partial charge on any atom is -0.355 e. The molecule has 0 unspecified atom stereocenters. The van der Waals surface area contributed by atoms with Crippen LogP contribution < -0.4 is 11.1 Å². The summed E-state index contributed by atoms with van der Waals surface area (Å²) in [5, 5.41) is 2.60. The highest BCUT2D eigenvalue weighted by Gasteiger charge is 2.32. The molecule has 6 heteroatoms. The van der Waals surface area contributed by atoms with E-state index >= 15 is 0 Å². The smallest absolute Gasteiger partial charge is 0.355 e. The van der Waals surface area contributed by atoms with Gasteiger partial charge in [0.25, 0.3) is 0 Å². The zero-order valence-corrected chi connectivity index (χ0v) is 10.5. The maximum atomic E-state index is 12.0. The van der Waals surface area contributed by atoms with Crippen LogP contribution in [-0.2, 0) is 4.79 Å². The average Bonchev–Trinajstić information content (AvgIpc) is 2.34. The fourth-order valence-electron chi connectivity index (χ4n) is 2.38. The van der Waals surface area contributed by atoms with Crippen LogP contribution in [0.5, 0.6) is 0 Å². The van der Waals surface area contributed by atoms with E-state index in [4.69, 9.17) is 5.73 Å². The highest BCUT2D eigenvalue weighted by Crippen LogP contribution is 2.34. The van der Waals surface area contributed by atoms with Crippen molar-refractivity contribution >= 4 is 5.91 Å². The van der Waals surface area contributed by atoms with Crippen molar-refractivity contribution in [3.63, 3.8) is 0 Å². The maximum absolute atomic E-state index is 12.0. The molecule has 3 nitrogen and oxygen atoms in total. The third kappa shape index (κ3) is 5.25. The summed E-state index contributed by atoms with van der Waals surface area (Å²) >= 11 is 0. The molecule has 0 aromatic rings. The first-order valence-corrected chi connectivity index (χ1v) is 6.40. The van der Waals surface area contributed by atoms with Gasteiger partial charge in [0.15, 0.2) is 0 Å². The molecule has 0 aromatic heterocycles. The fraction of sp³-hybridized carbons (Fsp3) is 0.917. The Hall–Kier alpha value is -0.780. The number of carbonyl (C=O) groups is 1. The molecule has 1 amide bonds. The summed E-state index contributed by atoms with van der Waals surface area (Å²) in [6, 6.07) is 0. The van der Waals surface area contributed by atoms with Crippen LogP contribution in [0.15, 0.2) is 0 Å². The predicted octanol–water partition coefficient (Wildman–Crippen LogP) is 2.35. The molecule has 0 bridgehead atoms. The Morgan fingerprint density at radius 1 is 1.22 bits per heavy atom. The van der Waals surface area contributed by atoms with E-state index in [1.165, 1.54) is 6.42 Å². The van der Waals surface area contributed by atoms with Crippen LogP contribution in [0.25, 0.3) is 0 Å². The molecule has 106 valence electrons. The topological polar surface area (TPSA) is 55.1 Å². The van der Waals surface area contributed by atoms with Crippen LogP contribution in [-0.4, -0.2) is 25.2 Å². The monoisotopic (exact) mass is 266 g/mol. The molecule has 1 rings (SSSR count). The molecule has 1 fully saturated rings. The second kappa shape index (κ2) is 6.41. The first-order valence-electron chi connectivity index (χ1n) is 6.40. The predicted molar refractivity (Wildman–Crippen MR) is 62.9 cm³/mol. The van der Waals surface area contributed by atoms with Gasteiger partial charge in [-0.1, -0.05) is 19.3 Å². The molecule has 3 N–H and O–H groups in total. The van der Waals surface area contributed by atoms with Gasteiger partial charge in [-0.15, -0.1) is 0 Å². The number of carbonyl (C=O) groups excluding carboxylic acids is 1. The van der Waals surface area contributed by atoms with Gasteiger partial charge in [0, 0.05) is 13.0 Å². The van der Waals surface area contributed by atoms with Crippen molar-refractivity contribution in [3.8, 4) is 0 Å². The van der Waals surface area contributed by atoms with Gasteiger partial charge in [-0.25, -0.2) is 0 Å². The fourth-order valence-corrected chi connectivity index (χ4v) is 2.38. The van der Waals surface area contributed by atoms with Crippen molar-refractivity contribution in [1.82, 2.24) is 5.32 Å². The van der Waals surface area contributed by atoms with Gasteiger partial charge in [0.05, 0.1) is 6.42 Å². The Kier molecular flexibility index (Phi) is 5.44. The van der Waals surface area contributed by atoms with Crippen LogP contribution in [0.2, 0.25) is 0 Å². The Labute approximate surface area is 105 Å². The molecule has 0 radical (unpaired) electrons. The summed E-state index contributed by atoms with van der Waals surface area (Å²) < 4.78 is 35.9. The third-order valence-electron chi connectivity index (χ3n) is 3.64. The third-order valence-corrected chi connectivity index (χ3v) is 3.64. The quantitative estimate of drug-likeness (QED) is 0.802. The lowest BCUT2D eigenvalue weighted by molar-refractivity contribution is -0.144. The van der Waals surface area contributed by atoms with E-state index in [2.05, 4.69) is 5.32 Å². The first kappa shape index (κ1) is 15.3. The molecule has 1 aliphatic rings. The standard InChI is InChI=1S/C12H21F3N2O/c13-12(14,15)7-4-10(18)17-9-11(8-16)5-2-1-3-6-11/h1-9,16H2,(H,17,18). The van der Waals surface area contributed by atoms with E-state index in [1.54, 1.807) is 0 Å². The molecule has 18 heavy (non-hydrogen) atoms. The van der Waals surface area contributed by atoms with Crippen molar-refractivity contribution in [1.29, 1.82) is 0 Å². The number of hydrogen-bond acceptors (Lipinski definition) is 2. The largest absolute Gasteiger partial charge is 0.389 e. The highest BCUT2D eigenvalue weighted by atomic mass is 19.4. The summed E-state index contributed by atoms with van der Waals surface area (Å²) in [4.78, 5) is 11.3. The summed E-state index contributed by atoms with van der Waals surface area (Å²) in [5.41, 5.74) is 5.63. The summed E-state index contributed by atoms with van der Waals surface area (Å²) in [5.74, 6) is -0.536. The number of rotatable bonds is 5. The normalized spacial score (nSPS) is 19.6. The van der Waals surface area contributed by atoms with Gasteiger partial charge in [-0.3, -0.25) is 4.79 Å². The SMILES string of the molecule is NCC1(CNC(=O)CCC(F)(F)F)CCCCC1. The zero-order chi connectivity index (χ0) is 13.6. The van der Waals surface area contributed by atoms with E-state index in [9.17, 15) is 18.0 Å². The number of halogens is 3.